The van der Waals surface area contributed by atoms with Gasteiger partial charge in [0.1, 0.15) is 0 Å². The number of carbonyl (C=O) groups excluding carboxylic acids is 2. The third-order valence-electron chi connectivity index (χ3n) is 5.75. The normalized spacial score (nSPS) is 14.6. The Morgan fingerprint density at radius 2 is 1.41 bits per heavy atom. The highest BCUT2D eigenvalue weighted by atomic mass is 32.2. The van der Waals surface area contributed by atoms with E-state index in [1.54, 1.807) is 47.4 Å². The van der Waals surface area contributed by atoms with Crippen molar-refractivity contribution in [1.82, 2.24) is 5.32 Å². The lowest BCUT2D eigenvalue weighted by atomic mass is 10.1. The van der Waals surface area contributed by atoms with Crippen molar-refractivity contribution >= 4 is 28.3 Å². The van der Waals surface area contributed by atoms with Crippen LogP contribution in [0, 0.1) is 0 Å². The molecule has 1 N–H and O–H groups in total. The van der Waals surface area contributed by atoms with E-state index in [1.807, 2.05) is 60.7 Å². The Bertz CT molecular complexity index is 1390. The van der Waals surface area contributed by atoms with Crippen LogP contribution in [0.3, 0.4) is 0 Å². The molecule has 1 aliphatic rings. The number of nitrogens with zero attached hydrogens (tertiary/aromatic N) is 1. The summed E-state index contributed by atoms with van der Waals surface area (Å²) >= 11 is 0. The molecule has 6 heteroatoms. The van der Waals surface area contributed by atoms with Crippen LogP contribution in [0.15, 0.2) is 113 Å². The Balaban J connectivity index is 1.54. The van der Waals surface area contributed by atoms with Crippen LogP contribution in [0.1, 0.15) is 31.8 Å². The van der Waals surface area contributed by atoms with E-state index in [9.17, 15) is 13.8 Å². The van der Waals surface area contributed by atoms with Crippen molar-refractivity contribution in [3.8, 4) is 0 Å². The lowest BCUT2D eigenvalue weighted by molar-refractivity contribution is 0.0947. The van der Waals surface area contributed by atoms with E-state index in [0.29, 0.717) is 39.7 Å². The lowest BCUT2D eigenvalue weighted by Crippen LogP contribution is -2.31. The number of carbonyl (C=O) groups is 2. The number of hydrogen-bond donors (Lipinski definition) is 1. The van der Waals surface area contributed by atoms with E-state index in [1.165, 1.54) is 0 Å². The van der Waals surface area contributed by atoms with Gasteiger partial charge in [0, 0.05) is 12.1 Å². The molecule has 4 aromatic rings. The first-order valence-electron chi connectivity index (χ1n) is 10.9. The highest BCUT2D eigenvalue weighted by molar-refractivity contribution is 7.85. The van der Waals surface area contributed by atoms with Crippen molar-refractivity contribution in [2.24, 2.45) is 0 Å². The molecule has 34 heavy (non-hydrogen) atoms. The molecule has 0 aliphatic carbocycles. The van der Waals surface area contributed by atoms with Crippen molar-refractivity contribution in [2.75, 3.05) is 4.90 Å². The second-order valence-corrected chi connectivity index (χ2v) is 9.41. The smallest absolute Gasteiger partial charge is 0.259 e. The molecule has 0 aromatic heterocycles. The average molecular weight is 467 g/mol. The van der Waals surface area contributed by atoms with Crippen molar-refractivity contribution in [1.29, 1.82) is 0 Å². The van der Waals surface area contributed by atoms with Gasteiger partial charge in [-0.1, -0.05) is 72.8 Å². The first-order valence-corrected chi connectivity index (χ1v) is 12.1. The van der Waals surface area contributed by atoms with Crippen molar-refractivity contribution < 1.29 is 13.8 Å². The predicted octanol–water partition coefficient (Wildman–Crippen LogP) is 4.94. The number of nitrogens with one attached hydrogen (secondary N) is 1. The topological polar surface area (TPSA) is 66.5 Å². The first kappa shape index (κ1) is 21.8. The Morgan fingerprint density at radius 3 is 2.15 bits per heavy atom. The number of hydrogen-bond acceptors (Lipinski definition) is 3. The third-order valence-corrected chi connectivity index (χ3v) is 7.25. The number of amides is 2. The molecule has 4 aromatic carbocycles. The number of benzene rings is 4. The number of rotatable bonds is 5. The quantitative estimate of drug-likeness (QED) is 0.453. The fourth-order valence-electron chi connectivity index (χ4n) is 4.01. The molecule has 5 rings (SSSR count). The Kier molecular flexibility index (Phi) is 6.06. The lowest BCUT2D eigenvalue weighted by Gasteiger charge is -2.23. The van der Waals surface area contributed by atoms with E-state index in [2.05, 4.69) is 5.32 Å². The first-order chi connectivity index (χ1) is 16.6. The van der Waals surface area contributed by atoms with Gasteiger partial charge in [0.15, 0.2) is 0 Å². The summed E-state index contributed by atoms with van der Waals surface area (Å²) in [5.74, 6) is -0.500. The minimum atomic E-state index is -1.56. The molecule has 5 nitrogen and oxygen atoms in total. The van der Waals surface area contributed by atoms with Crippen LogP contribution in [0.2, 0.25) is 0 Å². The summed E-state index contributed by atoms with van der Waals surface area (Å²) in [5, 5.41) is 2.92. The minimum absolute atomic E-state index is 0.242. The summed E-state index contributed by atoms with van der Waals surface area (Å²) in [5.41, 5.74) is 3.22. The highest BCUT2D eigenvalue weighted by Gasteiger charge is 2.31. The molecule has 0 fully saturated rings. The zero-order valence-electron chi connectivity index (χ0n) is 18.3. The molecule has 1 unspecified atom stereocenters. The maximum Gasteiger partial charge on any atom is 0.259 e. The van der Waals surface area contributed by atoms with Gasteiger partial charge in [0.25, 0.3) is 11.8 Å². The van der Waals surface area contributed by atoms with Gasteiger partial charge in [0.2, 0.25) is 0 Å². The van der Waals surface area contributed by atoms with Gasteiger partial charge < -0.3 is 10.2 Å². The minimum Gasteiger partial charge on any atom is -0.348 e. The van der Waals surface area contributed by atoms with Crippen LogP contribution in [-0.2, 0) is 23.9 Å². The summed E-state index contributed by atoms with van der Waals surface area (Å²) < 4.78 is 13.5. The number of fused-ring (bicyclic) bond motifs is 2. The maximum atomic E-state index is 13.6. The van der Waals surface area contributed by atoms with Crippen molar-refractivity contribution in [2.45, 2.75) is 22.9 Å². The molecule has 168 valence electrons. The van der Waals surface area contributed by atoms with E-state index < -0.39 is 10.8 Å². The summed E-state index contributed by atoms with van der Waals surface area (Å²) in [6, 6.07) is 31.3. The second-order valence-electron chi connectivity index (χ2n) is 7.99. The molecular formula is C28H22N2O3S. The molecule has 1 aliphatic heterocycles. The van der Waals surface area contributed by atoms with Crippen LogP contribution < -0.4 is 10.2 Å². The Labute approximate surface area is 200 Å². The molecule has 0 radical (unpaired) electrons. The van der Waals surface area contributed by atoms with Gasteiger partial charge >= 0.3 is 0 Å². The Morgan fingerprint density at radius 1 is 0.765 bits per heavy atom. The third kappa shape index (κ3) is 4.28. The van der Waals surface area contributed by atoms with Crippen molar-refractivity contribution in [3.63, 3.8) is 0 Å². The SMILES string of the molecule is O=C(NCc1ccccc1)c1ccc2c(c1)N(Cc1ccccc1)C(=O)c1ccccc1S2=O. The molecule has 1 atom stereocenters. The number of anilines is 1. The van der Waals surface area contributed by atoms with Gasteiger partial charge in [-0.25, -0.2) is 4.21 Å². The van der Waals surface area contributed by atoms with Gasteiger partial charge in [-0.15, -0.1) is 0 Å². The second kappa shape index (κ2) is 9.45. The molecule has 0 bridgehead atoms. The van der Waals surface area contributed by atoms with Crippen LogP contribution in [-0.4, -0.2) is 16.0 Å². The maximum absolute atomic E-state index is 13.6. The largest absolute Gasteiger partial charge is 0.348 e. The van der Waals surface area contributed by atoms with Crippen LogP contribution in [0.4, 0.5) is 5.69 Å². The predicted molar refractivity (Wildman–Crippen MR) is 132 cm³/mol. The zero-order chi connectivity index (χ0) is 23.5. The van der Waals surface area contributed by atoms with Crippen LogP contribution >= 0.6 is 0 Å². The van der Waals surface area contributed by atoms with Gasteiger partial charge in [0.05, 0.1) is 38.4 Å². The summed E-state index contributed by atoms with van der Waals surface area (Å²) in [6.45, 7) is 0.689. The highest BCUT2D eigenvalue weighted by Crippen LogP contribution is 2.36. The van der Waals surface area contributed by atoms with E-state index in [0.717, 1.165) is 11.1 Å². The van der Waals surface area contributed by atoms with Crippen LogP contribution in [0.5, 0.6) is 0 Å². The van der Waals surface area contributed by atoms with Gasteiger partial charge in [-0.05, 0) is 41.5 Å². The van der Waals surface area contributed by atoms with E-state index in [-0.39, 0.29) is 11.8 Å². The molecule has 0 saturated heterocycles. The molecular weight excluding hydrogens is 444 g/mol. The fourth-order valence-corrected chi connectivity index (χ4v) is 5.35. The summed E-state index contributed by atoms with van der Waals surface area (Å²) in [6.07, 6.45) is 0. The monoisotopic (exact) mass is 466 g/mol. The zero-order valence-corrected chi connectivity index (χ0v) is 19.1. The molecule has 0 spiro atoms. The fraction of sp³-hybridized carbons (Fsp3) is 0.0714. The molecule has 0 saturated carbocycles. The standard InChI is InChI=1S/C28H22N2O3S/c31-27(29-18-20-9-3-1-4-10-20)22-15-16-26-24(17-22)30(19-21-11-5-2-6-12-21)28(32)23-13-7-8-14-25(23)34(26)33/h1-17H,18-19H2,(H,29,31). The molecule has 2 amide bonds. The van der Waals surface area contributed by atoms with Gasteiger partial charge in [-0.3, -0.25) is 9.59 Å². The van der Waals surface area contributed by atoms with Crippen molar-refractivity contribution in [3.05, 3.63) is 125 Å². The van der Waals surface area contributed by atoms with E-state index in [4.69, 9.17) is 0 Å². The average Bonchev–Trinajstić information content (AvgIpc) is 2.98. The summed E-state index contributed by atoms with van der Waals surface area (Å²) in [4.78, 5) is 29.2. The van der Waals surface area contributed by atoms with Gasteiger partial charge in [-0.2, -0.15) is 0 Å². The van der Waals surface area contributed by atoms with E-state index >= 15 is 0 Å². The van der Waals surface area contributed by atoms with Crippen LogP contribution in [0.25, 0.3) is 0 Å². The summed E-state index contributed by atoms with van der Waals surface area (Å²) in [7, 11) is -1.56. The Hall–Kier alpha value is -4.03. The molecule has 1 heterocycles.